The van der Waals surface area contributed by atoms with Crippen molar-refractivity contribution >= 4 is 17.3 Å². The normalized spacial score (nSPS) is 14.1. The number of nitrogens with two attached hydrogens (primary N) is 1. The lowest BCUT2D eigenvalue weighted by atomic mass is 10.2. The number of carbonyl (C=O) groups is 1. The van der Waals surface area contributed by atoms with Crippen molar-refractivity contribution in [1.29, 1.82) is 0 Å². The first-order valence-corrected chi connectivity index (χ1v) is 6.14. The molecule has 1 aromatic carbocycles. The van der Waals surface area contributed by atoms with Crippen LogP contribution in [-0.4, -0.2) is 32.7 Å². The molecule has 0 heterocycles. The van der Waals surface area contributed by atoms with Gasteiger partial charge in [-0.25, -0.2) is 4.39 Å². The van der Waals surface area contributed by atoms with Crippen molar-refractivity contribution in [2.24, 2.45) is 0 Å². The molecule has 0 radical (unpaired) electrons. The van der Waals surface area contributed by atoms with Crippen molar-refractivity contribution in [2.45, 2.75) is 18.9 Å². The summed E-state index contributed by atoms with van der Waals surface area (Å²) in [6, 6.07) is 2.99. The molecule has 0 bridgehead atoms. The summed E-state index contributed by atoms with van der Waals surface area (Å²) in [6.07, 6.45) is 2.05. The summed E-state index contributed by atoms with van der Waals surface area (Å²) >= 11 is 0. The molecule has 5 nitrogen and oxygen atoms in total. The van der Waals surface area contributed by atoms with Gasteiger partial charge in [0.05, 0.1) is 25.0 Å². The largest absolute Gasteiger partial charge is 0.495 e. The van der Waals surface area contributed by atoms with Crippen LogP contribution < -0.4 is 20.7 Å². The highest BCUT2D eigenvalue weighted by atomic mass is 19.1. The van der Waals surface area contributed by atoms with Crippen molar-refractivity contribution in [3.8, 4) is 5.75 Å². The number of benzene rings is 1. The summed E-state index contributed by atoms with van der Waals surface area (Å²) in [5, 5.41) is 2.85. The Morgan fingerprint density at radius 3 is 2.84 bits per heavy atom. The van der Waals surface area contributed by atoms with E-state index in [0.717, 1.165) is 12.8 Å². The van der Waals surface area contributed by atoms with Gasteiger partial charge in [-0.2, -0.15) is 0 Å². The Morgan fingerprint density at radius 1 is 1.58 bits per heavy atom. The van der Waals surface area contributed by atoms with Crippen molar-refractivity contribution in [3.05, 3.63) is 17.9 Å². The van der Waals surface area contributed by atoms with Gasteiger partial charge in [-0.1, -0.05) is 0 Å². The second-order valence-corrected chi connectivity index (χ2v) is 4.74. The van der Waals surface area contributed by atoms with Crippen molar-refractivity contribution < 1.29 is 13.9 Å². The second-order valence-electron chi connectivity index (χ2n) is 4.74. The summed E-state index contributed by atoms with van der Waals surface area (Å²) in [5.41, 5.74) is 6.14. The molecule has 1 fully saturated rings. The topological polar surface area (TPSA) is 67.6 Å². The maximum Gasteiger partial charge on any atom is 0.239 e. The molecule has 1 aliphatic rings. The Morgan fingerprint density at radius 2 is 2.26 bits per heavy atom. The number of amides is 1. The van der Waals surface area contributed by atoms with Gasteiger partial charge in [-0.05, 0) is 12.8 Å². The number of hydrogen-bond acceptors (Lipinski definition) is 4. The molecule has 19 heavy (non-hydrogen) atoms. The Labute approximate surface area is 111 Å². The highest BCUT2D eigenvalue weighted by Gasteiger charge is 2.24. The van der Waals surface area contributed by atoms with Gasteiger partial charge in [-0.3, -0.25) is 4.79 Å². The number of rotatable bonds is 5. The SMILES string of the molecule is COc1cc(N(C)CC(=O)NC2CC2)c(F)cc1N. The molecule has 6 heteroatoms. The third-order valence-electron chi connectivity index (χ3n) is 3.03. The predicted molar refractivity (Wildman–Crippen MR) is 71.8 cm³/mol. The van der Waals surface area contributed by atoms with Gasteiger partial charge < -0.3 is 20.7 Å². The minimum atomic E-state index is -0.472. The van der Waals surface area contributed by atoms with E-state index in [4.69, 9.17) is 10.5 Å². The molecule has 1 saturated carbocycles. The Hall–Kier alpha value is -1.98. The number of nitrogen functional groups attached to an aromatic ring is 1. The summed E-state index contributed by atoms with van der Waals surface area (Å²) in [5.74, 6) is -0.189. The van der Waals surface area contributed by atoms with Gasteiger partial charge in [0, 0.05) is 25.2 Å². The number of nitrogens with zero attached hydrogens (tertiary/aromatic N) is 1. The quantitative estimate of drug-likeness (QED) is 0.785. The lowest BCUT2D eigenvalue weighted by molar-refractivity contribution is -0.119. The number of likely N-dealkylation sites (N-methyl/N-ethyl adjacent to an activating group) is 1. The summed E-state index contributed by atoms with van der Waals surface area (Å²) < 4.78 is 18.9. The molecule has 0 spiro atoms. The van der Waals surface area contributed by atoms with E-state index in [9.17, 15) is 9.18 Å². The fourth-order valence-electron chi connectivity index (χ4n) is 1.83. The third kappa shape index (κ3) is 3.27. The number of methoxy groups -OCH3 is 1. The Bertz CT molecular complexity index is 489. The standard InChI is InChI=1S/C13H18FN3O2/c1-17(7-13(18)16-8-3-4-8)11-6-12(19-2)10(15)5-9(11)14/h5-6,8H,3-4,7,15H2,1-2H3,(H,16,18). The van der Waals surface area contributed by atoms with Gasteiger partial charge >= 0.3 is 0 Å². The van der Waals surface area contributed by atoms with Crippen LogP contribution in [0.1, 0.15) is 12.8 Å². The molecule has 1 amide bonds. The maximum atomic E-state index is 13.8. The fourth-order valence-corrected chi connectivity index (χ4v) is 1.83. The number of hydrogen-bond donors (Lipinski definition) is 2. The van der Waals surface area contributed by atoms with E-state index in [-0.39, 0.29) is 23.8 Å². The fraction of sp³-hybridized carbons (Fsp3) is 0.462. The van der Waals surface area contributed by atoms with Crippen molar-refractivity contribution in [1.82, 2.24) is 5.32 Å². The van der Waals surface area contributed by atoms with Crippen LogP contribution in [0.4, 0.5) is 15.8 Å². The van der Waals surface area contributed by atoms with E-state index in [0.29, 0.717) is 11.8 Å². The number of carbonyl (C=O) groups excluding carboxylic acids is 1. The first-order valence-electron chi connectivity index (χ1n) is 6.14. The van der Waals surface area contributed by atoms with E-state index in [1.807, 2.05) is 0 Å². The molecule has 0 atom stereocenters. The van der Waals surface area contributed by atoms with Gasteiger partial charge in [0.15, 0.2) is 0 Å². The van der Waals surface area contributed by atoms with Gasteiger partial charge in [-0.15, -0.1) is 0 Å². The second kappa shape index (κ2) is 5.34. The lowest BCUT2D eigenvalue weighted by Gasteiger charge is -2.20. The monoisotopic (exact) mass is 267 g/mol. The third-order valence-corrected chi connectivity index (χ3v) is 3.03. The predicted octanol–water partition coefficient (Wildman–Crippen LogP) is 1.13. The Kier molecular flexibility index (Phi) is 3.78. The average molecular weight is 267 g/mol. The number of nitrogens with one attached hydrogen (secondary N) is 1. The minimum absolute atomic E-state index is 0.0977. The van der Waals surface area contributed by atoms with Gasteiger partial charge in [0.2, 0.25) is 5.91 Å². The molecule has 0 aliphatic heterocycles. The first kappa shape index (κ1) is 13.5. The lowest BCUT2D eigenvalue weighted by Crippen LogP contribution is -2.36. The van der Waals surface area contributed by atoms with Gasteiger partial charge in [0.25, 0.3) is 0 Å². The van der Waals surface area contributed by atoms with Crippen LogP contribution in [0.2, 0.25) is 0 Å². The van der Waals surface area contributed by atoms with Crippen molar-refractivity contribution in [2.75, 3.05) is 31.3 Å². The highest BCUT2D eigenvalue weighted by Crippen LogP contribution is 2.30. The zero-order chi connectivity index (χ0) is 14.0. The average Bonchev–Trinajstić information content (AvgIpc) is 3.12. The van der Waals surface area contributed by atoms with Crippen LogP contribution in [0.15, 0.2) is 12.1 Å². The number of ether oxygens (including phenoxy) is 1. The first-order chi connectivity index (χ1) is 9.01. The highest BCUT2D eigenvalue weighted by molar-refractivity contribution is 5.82. The molecule has 3 N–H and O–H groups in total. The molecule has 1 aliphatic carbocycles. The van der Waals surface area contributed by atoms with Crippen LogP contribution in [0.25, 0.3) is 0 Å². The van der Waals surface area contributed by atoms with Crippen molar-refractivity contribution in [3.63, 3.8) is 0 Å². The van der Waals surface area contributed by atoms with Crippen LogP contribution in [0.3, 0.4) is 0 Å². The molecule has 0 unspecified atom stereocenters. The summed E-state index contributed by atoms with van der Waals surface area (Å²) in [4.78, 5) is 13.2. The minimum Gasteiger partial charge on any atom is -0.495 e. The van der Waals surface area contributed by atoms with Crippen LogP contribution in [0.5, 0.6) is 5.75 Å². The molecule has 0 saturated heterocycles. The zero-order valence-corrected chi connectivity index (χ0v) is 11.1. The van der Waals surface area contributed by atoms with E-state index in [2.05, 4.69) is 5.32 Å². The van der Waals surface area contributed by atoms with Gasteiger partial charge in [0.1, 0.15) is 11.6 Å². The number of halogens is 1. The summed E-state index contributed by atoms with van der Waals surface area (Å²) in [6.45, 7) is 0.0977. The molecule has 0 aromatic heterocycles. The molecular weight excluding hydrogens is 249 g/mol. The Balaban J connectivity index is 2.08. The van der Waals surface area contributed by atoms with Crippen LogP contribution in [0, 0.1) is 5.82 Å². The van der Waals surface area contributed by atoms with Crippen LogP contribution in [-0.2, 0) is 4.79 Å². The zero-order valence-electron chi connectivity index (χ0n) is 11.1. The van der Waals surface area contributed by atoms with E-state index < -0.39 is 5.82 Å². The molecule has 1 aromatic rings. The van der Waals surface area contributed by atoms with E-state index in [1.54, 1.807) is 7.05 Å². The molecule has 104 valence electrons. The van der Waals surface area contributed by atoms with E-state index >= 15 is 0 Å². The maximum absolute atomic E-state index is 13.8. The van der Waals surface area contributed by atoms with E-state index in [1.165, 1.54) is 24.1 Å². The smallest absolute Gasteiger partial charge is 0.239 e. The summed E-state index contributed by atoms with van der Waals surface area (Å²) in [7, 11) is 3.12. The van der Waals surface area contributed by atoms with Crippen LogP contribution >= 0.6 is 0 Å². The molecule has 2 rings (SSSR count). The molecular formula is C13H18FN3O2. The number of anilines is 2.